The highest BCUT2D eigenvalue weighted by molar-refractivity contribution is 7.80. The van der Waals surface area contributed by atoms with Crippen LogP contribution in [0.15, 0.2) is 0 Å². The molecule has 1 amide bonds. The van der Waals surface area contributed by atoms with Gasteiger partial charge in [0.2, 0.25) is 6.41 Å². The van der Waals surface area contributed by atoms with Crippen molar-refractivity contribution in [1.82, 2.24) is 5.32 Å². The standard InChI is InChI=1S/C10H18N2OS/c1-2-8-3-5-10(6-4-8,9(11)14)12-7-13/h7-8H,2-6H2,1H3,(H2,11,14)(H,12,13). The quantitative estimate of drug-likeness (QED) is 0.549. The Morgan fingerprint density at radius 1 is 1.64 bits per heavy atom. The molecule has 1 fully saturated rings. The van der Waals surface area contributed by atoms with Crippen LogP contribution in [-0.4, -0.2) is 16.9 Å². The molecule has 14 heavy (non-hydrogen) atoms. The molecule has 80 valence electrons. The second kappa shape index (κ2) is 4.73. The molecule has 0 radical (unpaired) electrons. The molecule has 0 spiro atoms. The molecule has 0 atom stereocenters. The van der Waals surface area contributed by atoms with Gasteiger partial charge in [0.25, 0.3) is 0 Å². The first kappa shape index (κ1) is 11.4. The minimum absolute atomic E-state index is 0.400. The van der Waals surface area contributed by atoms with Gasteiger partial charge in [0, 0.05) is 0 Å². The van der Waals surface area contributed by atoms with Gasteiger partial charge in [-0.2, -0.15) is 0 Å². The van der Waals surface area contributed by atoms with Gasteiger partial charge in [0.15, 0.2) is 0 Å². The molecule has 3 nitrogen and oxygen atoms in total. The predicted octanol–water partition coefficient (Wildman–Crippen LogP) is 1.36. The molecule has 1 saturated carbocycles. The van der Waals surface area contributed by atoms with E-state index >= 15 is 0 Å². The topological polar surface area (TPSA) is 55.1 Å². The third-order valence-electron chi connectivity index (χ3n) is 3.34. The summed E-state index contributed by atoms with van der Waals surface area (Å²) in [7, 11) is 0. The summed E-state index contributed by atoms with van der Waals surface area (Å²) < 4.78 is 0. The summed E-state index contributed by atoms with van der Waals surface area (Å²) in [5.41, 5.74) is 5.29. The van der Waals surface area contributed by atoms with Crippen molar-refractivity contribution >= 4 is 23.6 Å². The van der Waals surface area contributed by atoms with E-state index in [-0.39, 0.29) is 0 Å². The number of hydrogen-bond donors (Lipinski definition) is 2. The highest BCUT2D eigenvalue weighted by Gasteiger charge is 2.36. The van der Waals surface area contributed by atoms with Crippen molar-refractivity contribution in [3.63, 3.8) is 0 Å². The third kappa shape index (κ3) is 2.23. The Balaban J connectivity index is 2.64. The molecule has 1 aliphatic rings. The Kier molecular flexibility index (Phi) is 3.86. The van der Waals surface area contributed by atoms with Crippen molar-refractivity contribution in [2.45, 2.75) is 44.6 Å². The van der Waals surface area contributed by atoms with Gasteiger partial charge in [-0.1, -0.05) is 25.6 Å². The zero-order chi connectivity index (χ0) is 10.6. The zero-order valence-electron chi connectivity index (χ0n) is 8.58. The van der Waals surface area contributed by atoms with Crippen molar-refractivity contribution in [2.24, 2.45) is 11.7 Å². The van der Waals surface area contributed by atoms with E-state index in [1.54, 1.807) is 0 Å². The molecule has 0 aliphatic heterocycles. The van der Waals surface area contributed by atoms with Gasteiger partial charge in [-0.15, -0.1) is 0 Å². The van der Waals surface area contributed by atoms with Crippen LogP contribution < -0.4 is 11.1 Å². The van der Waals surface area contributed by atoms with E-state index in [1.807, 2.05) is 0 Å². The summed E-state index contributed by atoms with van der Waals surface area (Å²) in [5.74, 6) is 0.769. The fourth-order valence-corrected chi connectivity index (χ4v) is 2.42. The molecular weight excluding hydrogens is 196 g/mol. The monoisotopic (exact) mass is 214 g/mol. The molecule has 1 rings (SSSR count). The number of thiocarbonyl (C=S) groups is 1. The molecule has 0 bridgehead atoms. The number of hydrogen-bond acceptors (Lipinski definition) is 2. The fraction of sp³-hybridized carbons (Fsp3) is 0.800. The van der Waals surface area contributed by atoms with E-state index in [2.05, 4.69) is 12.2 Å². The summed E-state index contributed by atoms with van der Waals surface area (Å²) in [5, 5.41) is 2.80. The molecule has 4 heteroatoms. The fourth-order valence-electron chi connectivity index (χ4n) is 2.15. The van der Waals surface area contributed by atoms with Gasteiger partial charge in [-0.25, -0.2) is 0 Å². The largest absolute Gasteiger partial charge is 0.391 e. The van der Waals surface area contributed by atoms with E-state index < -0.39 is 5.54 Å². The van der Waals surface area contributed by atoms with Crippen LogP contribution in [0.5, 0.6) is 0 Å². The Morgan fingerprint density at radius 3 is 2.57 bits per heavy atom. The summed E-state index contributed by atoms with van der Waals surface area (Å²) >= 11 is 5.02. The van der Waals surface area contributed by atoms with Crippen molar-refractivity contribution in [2.75, 3.05) is 0 Å². The first-order valence-electron chi connectivity index (χ1n) is 5.16. The van der Waals surface area contributed by atoms with Crippen LogP contribution in [0.3, 0.4) is 0 Å². The lowest BCUT2D eigenvalue weighted by Gasteiger charge is -2.38. The van der Waals surface area contributed by atoms with Crippen LogP contribution in [0.1, 0.15) is 39.0 Å². The van der Waals surface area contributed by atoms with Crippen LogP contribution in [0.4, 0.5) is 0 Å². The van der Waals surface area contributed by atoms with Gasteiger partial charge in [0.1, 0.15) is 0 Å². The van der Waals surface area contributed by atoms with Gasteiger partial charge in [0.05, 0.1) is 10.5 Å². The lowest BCUT2D eigenvalue weighted by atomic mass is 9.75. The van der Waals surface area contributed by atoms with E-state index in [1.165, 1.54) is 6.42 Å². The second-order valence-corrected chi connectivity index (χ2v) is 4.50. The number of rotatable bonds is 4. The van der Waals surface area contributed by atoms with Gasteiger partial charge in [-0.3, -0.25) is 4.79 Å². The number of nitrogens with one attached hydrogen (secondary N) is 1. The summed E-state index contributed by atoms with van der Waals surface area (Å²) in [6, 6.07) is 0. The Labute approximate surface area is 90.4 Å². The number of carbonyl (C=O) groups is 1. The second-order valence-electron chi connectivity index (χ2n) is 4.06. The van der Waals surface area contributed by atoms with Crippen LogP contribution in [0, 0.1) is 5.92 Å². The van der Waals surface area contributed by atoms with Crippen LogP contribution >= 0.6 is 12.2 Å². The summed E-state index contributed by atoms with van der Waals surface area (Å²) in [6.07, 6.45) is 5.91. The minimum atomic E-state index is -0.400. The minimum Gasteiger partial charge on any atom is -0.391 e. The summed E-state index contributed by atoms with van der Waals surface area (Å²) in [4.78, 5) is 10.9. The highest BCUT2D eigenvalue weighted by atomic mass is 32.1. The lowest BCUT2D eigenvalue weighted by Crippen LogP contribution is -2.55. The van der Waals surface area contributed by atoms with Gasteiger partial charge in [-0.05, 0) is 31.6 Å². The maximum absolute atomic E-state index is 10.5. The van der Waals surface area contributed by atoms with E-state index in [4.69, 9.17) is 18.0 Å². The molecule has 0 aromatic carbocycles. The van der Waals surface area contributed by atoms with Crippen LogP contribution in [-0.2, 0) is 4.79 Å². The molecular formula is C10H18N2OS. The predicted molar refractivity (Wildman–Crippen MR) is 61.0 cm³/mol. The van der Waals surface area contributed by atoms with Crippen molar-refractivity contribution in [3.05, 3.63) is 0 Å². The highest BCUT2D eigenvalue weighted by Crippen LogP contribution is 2.33. The van der Waals surface area contributed by atoms with E-state index in [9.17, 15) is 4.79 Å². The molecule has 0 saturated heterocycles. The SMILES string of the molecule is CCC1CCC(NC=O)(C(N)=S)CC1. The Morgan fingerprint density at radius 2 is 2.21 bits per heavy atom. The Bertz CT molecular complexity index is 222. The zero-order valence-corrected chi connectivity index (χ0v) is 9.40. The average Bonchev–Trinajstić information content (AvgIpc) is 2.19. The van der Waals surface area contributed by atoms with Gasteiger partial charge < -0.3 is 11.1 Å². The molecule has 0 aromatic heterocycles. The van der Waals surface area contributed by atoms with Crippen molar-refractivity contribution in [1.29, 1.82) is 0 Å². The first-order valence-corrected chi connectivity index (χ1v) is 5.56. The first-order chi connectivity index (χ1) is 6.64. The van der Waals surface area contributed by atoms with Crippen LogP contribution in [0.25, 0.3) is 0 Å². The molecule has 1 aliphatic carbocycles. The van der Waals surface area contributed by atoms with Gasteiger partial charge >= 0.3 is 0 Å². The number of amides is 1. The van der Waals surface area contributed by atoms with Crippen molar-refractivity contribution in [3.8, 4) is 0 Å². The maximum Gasteiger partial charge on any atom is 0.207 e. The van der Waals surface area contributed by atoms with Crippen molar-refractivity contribution < 1.29 is 4.79 Å². The van der Waals surface area contributed by atoms with Crippen LogP contribution in [0.2, 0.25) is 0 Å². The number of nitrogens with two attached hydrogens (primary N) is 1. The Hall–Kier alpha value is -0.640. The third-order valence-corrected chi connectivity index (χ3v) is 3.73. The smallest absolute Gasteiger partial charge is 0.207 e. The van der Waals surface area contributed by atoms with E-state index in [0.29, 0.717) is 11.4 Å². The molecule has 0 aromatic rings. The lowest BCUT2D eigenvalue weighted by molar-refractivity contribution is -0.110. The summed E-state index contributed by atoms with van der Waals surface area (Å²) in [6.45, 7) is 2.20. The number of carbonyl (C=O) groups excluding carboxylic acids is 1. The molecule has 3 N–H and O–H groups in total. The maximum atomic E-state index is 10.5. The molecule has 0 heterocycles. The van der Waals surface area contributed by atoms with E-state index in [0.717, 1.165) is 31.6 Å². The average molecular weight is 214 g/mol. The molecule has 0 unspecified atom stereocenters. The normalized spacial score (nSPS) is 32.2.